The molecule has 0 saturated carbocycles. The molecule has 2 saturated heterocycles. The molecule has 0 aliphatic carbocycles. The molecule has 2 aliphatic heterocycles. The van der Waals surface area contributed by atoms with Crippen molar-refractivity contribution in [1.29, 1.82) is 0 Å². The van der Waals surface area contributed by atoms with Crippen LogP contribution in [-0.2, 0) is 22.9 Å². The summed E-state index contributed by atoms with van der Waals surface area (Å²) >= 11 is 6.01. The van der Waals surface area contributed by atoms with Crippen LogP contribution in [0.4, 0.5) is 0 Å². The minimum Gasteiger partial charge on any atom is -0.390 e. The second-order valence-electron chi connectivity index (χ2n) is 6.86. The summed E-state index contributed by atoms with van der Waals surface area (Å²) in [6.45, 7) is -0.0470. The molecule has 5 atom stereocenters. The minimum absolute atomic E-state index is 0.159. The zero-order valence-electron chi connectivity index (χ0n) is 15.7. The van der Waals surface area contributed by atoms with Crippen LogP contribution in [0.15, 0.2) is 30.6 Å². The summed E-state index contributed by atoms with van der Waals surface area (Å²) in [4.78, 5) is 14.9. The molecule has 2 aromatic rings. The third kappa shape index (κ3) is 4.73. The standard InChI is InChI=1S/C17H20ClN4O7P/c18-11-3-1-2-10(6-11)13-4-5-26-30(25,29-13)27-8-14-12(23)7-15(28-14)22-9-20-17(21-22)16(19)24/h1-3,6,9,12-15,23H,4-5,7-8H2,(H2,19,24)/t12-,13-,14+,15+,30?/m0/s1. The Kier molecular flexibility index (Phi) is 6.21. The number of nitrogens with zero attached hydrogens (tertiary/aromatic N) is 3. The summed E-state index contributed by atoms with van der Waals surface area (Å²) in [6.07, 6.45) is -0.946. The van der Waals surface area contributed by atoms with E-state index in [0.29, 0.717) is 11.4 Å². The van der Waals surface area contributed by atoms with Gasteiger partial charge in [-0.15, -0.1) is 5.10 Å². The quantitative estimate of drug-likeness (QED) is 0.619. The van der Waals surface area contributed by atoms with Crippen LogP contribution >= 0.6 is 19.4 Å². The molecule has 4 rings (SSSR count). The van der Waals surface area contributed by atoms with E-state index in [-0.39, 0.29) is 25.5 Å². The summed E-state index contributed by atoms with van der Waals surface area (Å²) in [5.74, 6) is -0.931. The van der Waals surface area contributed by atoms with E-state index >= 15 is 0 Å². The molecule has 30 heavy (non-hydrogen) atoms. The van der Waals surface area contributed by atoms with Crippen LogP contribution in [0, 0.1) is 0 Å². The van der Waals surface area contributed by atoms with Gasteiger partial charge >= 0.3 is 7.82 Å². The van der Waals surface area contributed by atoms with Crippen LogP contribution in [0.2, 0.25) is 5.02 Å². The van der Waals surface area contributed by atoms with Gasteiger partial charge in [-0.3, -0.25) is 18.4 Å². The lowest BCUT2D eigenvalue weighted by molar-refractivity contribution is -0.0570. The summed E-state index contributed by atoms with van der Waals surface area (Å²) < 4.78 is 36.1. The lowest BCUT2D eigenvalue weighted by Crippen LogP contribution is -2.27. The third-order valence-corrected chi connectivity index (χ3v) is 6.44. The molecule has 0 radical (unpaired) electrons. The Balaban J connectivity index is 1.36. The first-order valence-corrected chi connectivity index (χ1v) is 11.0. The Morgan fingerprint density at radius 1 is 1.47 bits per heavy atom. The van der Waals surface area contributed by atoms with Crippen LogP contribution in [0.5, 0.6) is 0 Å². The number of rotatable bonds is 6. The van der Waals surface area contributed by atoms with Gasteiger partial charge in [0.05, 0.1) is 25.4 Å². The summed E-state index contributed by atoms with van der Waals surface area (Å²) in [5, 5.41) is 14.7. The molecule has 11 nitrogen and oxygen atoms in total. The maximum absolute atomic E-state index is 12.9. The molecule has 0 bridgehead atoms. The molecule has 162 valence electrons. The Labute approximate surface area is 176 Å². The smallest absolute Gasteiger partial charge is 0.390 e. The molecule has 3 heterocycles. The van der Waals surface area contributed by atoms with E-state index in [9.17, 15) is 14.5 Å². The second kappa shape index (κ2) is 8.72. The van der Waals surface area contributed by atoms with E-state index in [4.69, 9.17) is 35.6 Å². The molecular formula is C17H20ClN4O7P. The number of hydrogen-bond acceptors (Lipinski definition) is 9. The first-order valence-electron chi connectivity index (χ1n) is 9.20. The molecule has 3 N–H and O–H groups in total. The van der Waals surface area contributed by atoms with Crippen molar-refractivity contribution in [3.05, 3.63) is 47.0 Å². The van der Waals surface area contributed by atoms with E-state index in [1.807, 2.05) is 6.07 Å². The molecule has 1 unspecified atom stereocenters. The van der Waals surface area contributed by atoms with Gasteiger partial charge in [-0.25, -0.2) is 14.2 Å². The molecular weight excluding hydrogens is 439 g/mol. The highest BCUT2D eigenvalue weighted by molar-refractivity contribution is 7.48. The number of phosphoric acid groups is 1. The SMILES string of the molecule is NC(=O)c1ncn([C@H]2C[C@H](O)[C@@H](COP3(=O)OCC[C@@H](c4cccc(Cl)c4)O3)O2)n1. The van der Waals surface area contributed by atoms with Gasteiger partial charge in [0, 0.05) is 17.9 Å². The average Bonchev–Trinajstić information content (AvgIpc) is 3.34. The number of amides is 1. The Bertz CT molecular complexity index is 973. The van der Waals surface area contributed by atoms with Gasteiger partial charge in [-0.1, -0.05) is 23.7 Å². The van der Waals surface area contributed by atoms with Crippen molar-refractivity contribution in [1.82, 2.24) is 14.8 Å². The Morgan fingerprint density at radius 2 is 2.30 bits per heavy atom. The zero-order valence-corrected chi connectivity index (χ0v) is 17.3. The molecule has 1 amide bonds. The number of phosphoric ester groups is 1. The molecule has 1 aromatic heterocycles. The molecule has 0 spiro atoms. The number of aliphatic hydroxyl groups excluding tert-OH is 1. The van der Waals surface area contributed by atoms with Crippen molar-refractivity contribution < 1.29 is 32.8 Å². The zero-order chi connectivity index (χ0) is 21.3. The number of ether oxygens (including phenoxy) is 1. The van der Waals surface area contributed by atoms with Crippen molar-refractivity contribution >= 4 is 25.3 Å². The Hall–Kier alpha value is -1.85. The van der Waals surface area contributed by atoms with Gasteiger partial charge in [-0.2, -0.15) is 0 Å². The van der Waals surface area contributed by atoms with Crippen LogP contribution in [-0.4, -0.2) is 51.2 Å². The lowest BCUT2D eigenvalue weighted by Gasteiger charge is -2.29. The number of benzene rings is 1. The van der Waals surface area contributed by atoms with Crippen molar-refractivity contribution in [2.75, 3.05) is 13.2 Å². The van der Waals surface area contributed by atoms with Crippen molar-refractivity contribution in [3.8, 4) is 0 Å². The van der Waals surface area contributed by atoms with Gasteiger partial charge in [0.15, 0.2) is 6.23 Å². The van der Waals surface area contributed by atoms with Crippen molar-refractivity contribution in [2.45, 2.75) is 37.4 Å². The van der Waals surface area contributed by atoms with E-state index < -0.39 is 38.3 Å². The average molecular weight is 459 g/mol. The summed E-state index contributed by atoms with van der Waals surface area (Å²) in [6, 6.07) is 7.06. The minimum atomic E-state index is -3.86. The normalized spacial score (nSPS) is 31.7. The number of hydrogen-bond donors (Lipinski definition) is 2. The molecule has 1 aromatic carbocycles. The lowest BCUT2D eigenvalue weighted by atomic mass is 10.1. The van der Waals surface area contributed by atoms with Crippen LogP contribution in [0.25, 0.3) is 0 Å². The first kappa shape index (κ1) is 21.4. The Morgan fingerprint density at radius 3 is 3.03 bits per heavy atom. The fourth-order valence-electron chi connectivity index (χ4n) is 3.23. The number of halogens is 1. The fraction of sp³-hybridized carbons (Fsp3) is 0.471. The topological polar surface area (TPSA) is 148 Å². The number of primary amides is 1. The van der Waals surface area contributed by atoms with Gasteiger partial charge in [0.25, 0.3) is 5.91 Å². The van der Waals surface area contributed by atoms with E-state index in [1.165, 1.54) is 11.0 Å². The van der Waals surface area contributed by atoms with E-state index in [0.717, 1.165) is 5.56 Å². The highest BCUT2D eigenvalue weighted by Crippen LogP contribution is 2.57. The second-order valence-corrected chi connectivity index (χ2v) is 8.92. The monoisotopic (exact) mass is 458 g/mol. The molecule has 2 aliphatic rings. The summed E-state index contributed by atoms with van der Waals surface area (Å²) in [5.41, 5.74) is 5.90. The van der Waals surface area contributed by atoms with Gasteiger partial charge in [0.2, 0.25) is 5.82 Å². The maximum atomic E-state index is 12.9. The van der Waals surface area contributed by atoms with E-state index in [1.54, 1.807) is 18.2 Å². The van der Waals surface area contributed by atoms with Crippen LogP contribution in [0.3, 0.4) is 0 Å². The molecule has 2 fully saturated rings. The predicted octanol–water partition coefficient (Wildman–Crippen LogP) is 1.98. The predicted molar refractivity (Wildman–Crippen MR) is 102 cm³/mol. The van der Waals surface area contributed by atoms with Gasteiger partial charge in [-0.05, 0) is 17.7 Å². The third-order valence-electron chi connectivity index (χ3n) is 4.73. The van der Waals surface area contributed by atoms with E-state index in [2.05, 4.69) is 10.1 Å². The number of carbonyl (C=O) groups excluding carboxylic acids is 1. The highest BCUT2D eigenvalue weighted by Gasteiger charge is 2.41. The van der Waals surface area contributed by atoms with Crippen LogP contribution < -0.4 is 5.73 Å². The summed E-state index contributed by atoms with van der Waals surface area (Å²) in [7, 11) is -3.86. The fourth-order valence-corrected chi connectivity index (χ4v) is 4.82. The largest absolute Gasteiger partial charge is 0.475 e. The number of aromatic nitrogens is 3. The number of carbonyl (C=O) groups is 1. The number of nitrogens with two attached hydrogens (primary N) is 1. The van der Waals surface area contributed by atoms with Crippen molar-refractivity contribution in [3.63, 3.8) is 0 Å². The number of aliphatic hydroxyl groups is 1. The first-order chi connectivity index (χ1) is 14.3. The van der Waals surface area contributed by atoms with Gasteiger partial charge in [0.1, 0.15) is 12.4 Å². The maximum Gasteiger partial charge on any atom is 0.475 e. The van der Waals surface area contributed by atoms with Crippen molar-refractivity contribution in [2.24, 2.45) is 5.73 Å². The van der Waals surface area contributed by atoms with Crippen LogP contribution in [0.1, 0.15) is 41.4 Å². The molecule has 13 heteroatoms. The van der Waals surface area contributed by atoms with Gasteiger partial charge < -0.3 is 15.6 Å². The highest BCUT2D eigenvalue weighted by atomic mass is 35.5.